The van der Waals surface area contributed by atoms with E-state index in [0.717, 1.165) is 22.4 Å². The van der Waals surface area contributed by atoms with Crippen LogP contribution in [0.1, 0.15) is 10.4 Å². The fourth-order valence-corrected chi connectivity index (χ4v) is 5.09. The van der Waals surface area contributed by atoms with Crippen LogP contribution in [0.25, 0.3) is 44.8 Å². The van der Waals surface area contributed by atoms with Gasteiger partial charge in [-0.2, -0.15) is 0 Å². The maximum absolute atomic E-state index is 12.8. The summed E-state index contributed by atoms with van der Waals surface area (Å²) in [6.07, 6.45) is 0. The molecule has 0 bridgehead atoms. The van der Waals surface area contributed by atoms with E-state index in [1.165, 1.54) is 11.3 Å². The molecular formula is C32H21ClN4O3S. The number of hydrogen-bond acceptors (Lipinski definition) is 7. The van der Waals surface area contributed by atoms with Crippen LogP contribution in [0.5, 0.6) is 0 Å². The Morgan fingerprint density at radius 1 is 0.732 bits per heavy atom. The van der Waals surface area contributed by atoms with E-state index >= 15 is 0 Å². The van der Waals surface area contributed by atoms with E-state index in [4.69, 9.17) is 26.3 Å². The number of carbonyl (C=O) groups is 2. The standard InChI is InChI=1S/C32H21ClN4O3S/c33-24-14-11-20(12-15-24)27-19-41-32(36-27)37-28(38)18-40-31(39)23-13-16-25-26(17-23)35-30(22-9-5-2-6-10-22)29(34-25)21-7-3-1-4-8-21/h1-17,19H,18H2,(H,36,37,38). The Balaban J connectivity index is 1.18. The van der Waals surface area contributed by atoms with Crippen molar-refractivity contribution in [1.82, 2.24) is 15.0 Å². The first-order chi connectivity index (χ1) is 20.0. The molecule has 1 N–H and O–H groups in total. The number of benzene rings is 4. The first-order valence-electron chi connectivity index (χ1n) is 12.6. The van der Waals surface area contributed by atoms with E-state index < -0.39 is 18.5 Å². The summed E-state index contributed by atoms with van der Waals surface area (Å²) in [4.78, 5) is 39.5. The van der Waals surface area contributed by atoms with Crippen LogP contribution in [0.2, 0.25) is 5.02 Å². The van der Waals surface area contributed by atoms with Gasteiger partial charge in [-0.3, -0.25) is 10.1 Å². The van der Waals surface area contributed by atoms with Gasteiger partial charge in [0, 0.05) is 27.1 Å². The molecular weight excluding hydrogens is 556 g/mol. The number of carbonyl (C=O) groups excluding carboxylic acids is 2. The molecule has 0 fully saturated rings. The van der Waals surface area contributed by atoms with Crippen molar-refractivity contribution in [3.05, 3.63) is 119 Å². The molecule has 9 heteroatoms. The molecule has 1 amide bonds. The lowest BCUT2D eigenvalue weighted by molar-refractivity contribution is -0.119. The summed E-state index contributed by atoms with van der Waals surface area (Å²) in [7, 11) is 0. The van der Waals surface area contributed by atoms with Gasteiger partial charge in [0.15, 0.2) is 11.7 Å². The zero-order chi connectivity index (χ0) is 28.2. The average Bonchev–Trinajstić information content (AvgIpc) is 3.48. The first-order valence-corrected chi connectivity index (χ1v) is 13.9. The number of amides is 1. The second-order valence-corrected chi connectivity index (χ2v) is 10.3. The van der Waals surface area contributed by atoms with Crippen molar-refractivity contribution in [3.8, 4) is 33.8 Å². The van der Waals surface area contributed by atoms with Crippen LogP contribution in [0.15, 0.2) is 109 Å². The smallest absolute Gasteiger partial charge is 0.338 e. The van der Waals surface area contributed by atoms with Crippen LogP contribution in [0, 0.1) is 0 Å². The molecule has 0 saturated carbocycles. The molecule has 7 nitrogen and oxygen atoms in total. The number of nitrogens with one attached hydrogen (secondary N) is 1. The highest BCUT2D eigenvalue weighted by Crippen LogP contribution is 2.31. The van der Waals surface area contributed by atoms with Gasteiger partial charge in [0.1, 0.15) is 0 Å². The minimum Gasteiger partial charge on any atom is -0.452 e. The summed E-state index contributed by atoms with van der Waals surface area (Å²) in [5.74, 6) is -1.13. The van der Waals surface area contributed by atoms with E-state index in [1.807, 2.05) is 78.2 Å². The predicted octanol–water partition coefficient (Wildman–Crippen LogP) is 7.54. The molecule has 6 aromatic rings. The molecule has 0 aliphatic heterocycles. The molecule has 4 aromatic carbocycles. The number of anilines is 1. The second-order valence-electron chi connectivity index (χ2n) is 9.03. The maximum Gasteiger partial charge on any atom is 0.338 e. The largest absolute Gasteiger partial charge is 0.452 e. The van der Waals surface area contributed by atoms with Crippen molar-refractivity contribution in [2.45, 2.75) is 0 Å². The van der Waals surface area contributed by atoms with Gasteiger partial charge in [-0.1, -0.05) is 84.4 Å². The second kappa shape index (κ2) is 11.7. The van der Waals surface area contributed by atoms with Crippen LogP contribution in [0.3, 0.4) is 0 Å². The van der Waals surface area contributed by atoms with Gasteiger partial charge < -0.3 is 4.74 Å². The Kier molecular flexibility index (Phi) is 7.49. The third-order valence-corrected chi connectivity index (χ3v) is 7.23. The number of halogens is 1. The summed E-state index contributed by atoms with van der Waals surface area (Å²) < 4.78 is 5.29. The Bertz CT molecular complexity index is 1860. The number of ether oxygens (including phenoxy) is 1. The number of hydrogen-bond donors (Lipinski definition) is 1. The number of thiazole rings is 1. The van der Waals surface area contributed by atoms with E-state index in [-0.39, 0.29) is 5.56 Å². The maximum atomic E-state index is 12.8. The van der Waals surface area contributed by atoms with Crippen molar-refractivity contribution in [1.29, 1.82) is 0 Å². The SMILES string of the molecule is O=C(COC(=O)c1ccc2nc(-c3ccccc3)c(-c3ccccc3)nc2c1)Nc1nc(-c2ccc(Cl)cc2)cs1. The minimum atomic E-state index is -0.641. The molecule has 2 aromatic heterocycles. The lowest BCUT2D eigenvalue weighted by Gasteiger charge is -2.11. The van der Waals surface area contributed by atoms with Crippen molar-refractivity contribution < 1.29 is 14.3 Å². The van der Waals surface area contributed by atoms with Crippen LogP contribution in [-0.2, 0) is 9.53 Å². The van der Waals surface area contributed by atoms with Gasteiger partial charge in [-0.15, -0.1) is 11.3 Å². The molecule has 200 valence electrons. The molecule has 0 unspecified atom stereocenters. The monoisotopic (exact) mass is 576 g/mol. The van der Waals surface area contributed by atoms with Gasteiger partial charge in [0.05, 0.1) is 33.7 Å². The van der Waals surface area contributed by atoms with E-state index in [1.54, 1.807) is 30.3 Å². The van der Waals surface area contributed by atoms with E-state index in [9.17, 15) is 9.59 Å². The molecule has 2 heterocycles. The molecule has 0 aliphatic carbocycles. The number of esters is 1. The van der Waals surface area contributed by atoms with Gasteiger partial charge in [0.25, 0.3) is 5.91 Å². The Morgan fingerprint density at radius 2 is 1.37 bits per heavy atom. The quantitative estimate of drug-likeness (QED) is 0.197. The van der Waals surface area contributed by atoms with Crippen molar-refractivity contribution in [2.24, 2.45) is 0 Å². The summed E-state index contributed by atoms with van der Waals surface area (Å²) in [5, 5.41) is 5.53. The van der Waals surface area contributed by atoms with E-state index in [2.05, 4.69) is 10.3 Å². The lowest BCUT2D eigenvalue weighted by Crippen LogP contribution is -2.20. The third-order valence-electron chi connectivity index (χ3n) is 6.22. The van der Waals surface area contributed by atoms with Crippen LogP contribution >= 0.6 is 22.9 Å². The Morgan fingerprint density at radius 3 is 2.02 bits per heavy atom. The fraction of sp³-hybridized carbons (Fsp3) is 0.0312. The molecule has 0 aliphatic rings. The summed E-state index contributed by atoms with van der Waals surface area (Å²) in [5.41, 5.74) is 6.34. The number of nitrogens with zero attached hydrogens (tertiary/aromatic N) is 3. The summed E-state index contributed by atoms with van der Waals surface area (Å²) in [6, 6.07) is 31.8. The Hall–Kier alpha value is -4.92. The summed E-state index contributed by atoms with van der Waals surface area (Å²) >= 11 is 7.22. The van der Waals surface area contributed by atoms with Gasteiger partial charge in [-0.25, -0.2) is 19.7 Å². The van der Waals surface area contributed by atoms with Gasteiger partial charge >= 0.3 is 5.97 Å². The van der Waals surface area contributed by atoms with Crippen LogP contribution in [-0.4, -0.2) is 33.4 Å². The first kappa shape index (κ1) is 26.3. The molecule has 0 radical (unpaired) electrons. The minimum absolute atomic E-state index is 0.269. The predicted molar refractivity (Wildman–Crippen MR) is 162 cm³/mol. The van der Waals surface area contributed by atoms with E-state index in [0.29, 0.717) is 32.6 Å². The van der Waals surface area contributed by atoms with Crippen LogP contribution < -0.4 is 5.32 Å². The molecule has 0 saturated heterocycles. The highest BCUT2D eigenvalue weighted by Gasteiger charge is 2.16. The zero-order valence-electron chi connectivity index (χ0n) is 21.5. The topological polar surface area (TPSA) is 94.1 Å². The van der Waals surface area contributed by atoms with Crippen LogP contribution in [0.4, 0.5) is 5.13 Å². The number of aromatic nitrogens is 3. The number of rotatable bonds is 7. The lowest BCUT2D eigenvalue weighted by atomic mass is 10.0. The molecule has 41 heavy (non-hydrogen) atoms. The van der Waals surface area contributed by atoms with Crippen molar-refractivity contribution >= 4 is 51.0 Å². The molecule has 0 atom stereocenters. The highest BCUT2D eigenvalue weighted by atomic mass is 35.5. The average molecular weight is 577 g/mol. The number of fused-ring (bicyclic) bond motifs is 1. The van der Waals surface area contributed by atoms with Crippen molar-refractivity contribution in [2.75, 3.05) is 11.9 Å². The summed E-state index contributed by atoms with van der Waals surface area (Å²) in [6.45, 7) is -0.458. The van der Waals surface area contributed by atoms with Gasteiger partial charge in [-0.05, 0) is 30.3 Å². The fourth-order valence-electron chi connectivity index (χ4n) is 4.23. The normalized spacial score (nSPS) is 10.9. The molecule has 6 rings (SSSR count). The van der Waals surface area contributed by atoms with Gasteiger partial charge in [0.2, 0.25) is 0 Å². The zero-order valence-corrected chi connectivity index (χ0v) is 23.0. The molecule has 0 spiro atoms. The third kappa shape index (κ3) is 5.99. The Labute approximate surface area is 244 Å². The highest BCUT2D eigenvalue weighted by molar-refractivity contribution is 7.14. The van der Waals surface area contributed by atoms with Crippen molar-refractivity contribution in [3.63, 3.8) is 0 Å².